The molecule has 33 heavy (non-hydrogen) atoms. The summed E-state index contributed by atoms with van der Waals surface area (Å²) in [4.78, 5) is 46.9. The third kappa shape index (κ3) is 3.23. The normalized spacial score (nSPS) is 21.0. The molecular formula is C25H28N4O4. The minimum atomic E-state index is -1.17. The van der Waals surface area contributed by atoms with Gasteiger partial charge in [0, 0.05) is 17.4 Å². The number of aromatic nitrogens is 1. The number of nitrogens with zero attached hydrogens (tertiary/aromatic N) is 2. The number of hydrogen-bond donors (Lipinski definition) is 2. The lowest BCUT2D eigenvalue weighted by molar-refractivity contribution is -0.140. The van der Waals surface area contributed by atoms with Gasteiger partial charge in [-0.3, -0.25) is 9.59 Å². The van der Waals surface area contributed by atoms with Gasteiger partial charge in [-0.1, -0.05) is 32.0 Å². The minimum absolute atomic E-state index is 0.110. The highest BCUT2D eigenvalue weighted by Gasteiger charge is 2.60. The SMILES string of the molecule is CC(C)C[C@@H](C(=O)NCc1ccco1)N1C(=O)N2CCc3c([nH]c4ccccc34)[C@@]2(C)C1=O. The molecule has 0 spiro atoms. The molecule has 172 valence electrons. The Balaban J connectivity index is 1.50. The number of para-hydroxylation sites is 1. The highest BCUT2D eigenvalue weighted by Crippen LogP contribution is 2.44. The molecule has 0 saturated carbocycles. The number of H-pyrrole nitrogens is 1. The van der Waals surface area contributed by atoms with Crippen LogP contribution in [0.25, 0.3) is 10.9 Å². The average Bonchev–Trinajstić information content (AvgIpc) is 3.48. The van der Waals surface area contributed by atoms with E-state index in [4.69, 9.17) is 4.42 Å². The van der Waals surface area contributed by atoms with E-state index in [-0.39, 0.29) is 24.3 Å². The Kier molecular flexibility index (Phi) is 5.03. The van der Waals surface area contributed by atoms with E-state index in [9.17, 15) is 14.4 Å². The van der Waals surface area contributed by atoms with Gasteiger partial charge in [0.15, 0.2) is 5.54 Å². The number of rotatable bonds is 6. The van der Waals surface area contributed by atoms with Gasteiger partial charge in [-0.05, 0) is 49.4 Å². The molecule has 2 N–H and O–H groups in total. The second-order valence-electron chi connectivity index (χ2n) is 9.40. The van der Waals surface area contributed by atoms with Crippen molar-refractivity contribution in [3.8, 4) is 0 Å². The van der Waals surface area contributed by atoms with Gasteiger partial charge < -0.3 is 19.6 Å². The maximum Gasteiger partial charge on any atom is 0.328 e. The first-order chi connectivity index (χ1) is 15.8. The highest BCUT2D eigenvalue weighted by molar-refractivity contribution is 6.11. The standard InChI is InChI=1S/C25H28N4O4/c1-15(2)13-20(22(30)26-14-16-7-6-12-33-16)29-23(31)25(3)21-18(10-11-28(25)24(29)32)17-8-4-5-9-19(17)27-21/h4-9,12,15,20,27H,10-11,13-14H2,1-3H3,(H,26,30)/t20-,25-/m0/s1. The van der Waals surface area contributed by atoms with Crippen molar-refractivity contribution in [2.75, 3.05) is 6.54 Å². The van der Waals surface area contributed by atoms with Crippen LogP contribution in [-0.4, -0.2) is 45.2 Å². The van der Waals surface area contributed by atoms with Crippen molar-refractivity contribution in [3.05, 3.63) is 59.7 Å². The van der Waals surface area contributed by atoms with Crippen LogP contribution < -0.4 is 5.32 Å². The van der Waals surface area contributed by atoms with Gasteiger partial charge in [-0.15, -0.1) is 0 Å². The zero-order chi connectivity index (χ0) is 23.3. The van der Waals surface area contributed by atoms with Crippen molar-refractivity contribution in [1.29, 1.82) is 0 Å². The Morgan fingerprint density at radius 2 is 2.00 bits per heavy atom. The summed E-state index contributed by atoms with van der Waals surface area (Å²) in [5.74, 6) is -0.00206. The summed E-state index contributed by atoms with van der Waals surface area (Å²) in [6.45, 7) is 6.36. The highest BCUT2D eigenvalue weighted by atomic mass is 16.3. The zero-order valence-corrected chi connectivity index (χ0v) is 19.1. The number of benzene rings is 1. The van der Waals surface area contributed by atoms with E-state index in [0.717, 1.165) is 22.2 Å². The molecule has 0 bridgehead atoms. The summed E-state index contributed by atoms with van der Waals surface area (Å²) in [7, 11) is 0. The van der Waals surface area contributed by atoms with Gasteiger partial charge in [0.2, 0.25) is 5.91 Å². The van der Waals surface area contributed by atoms with E-state index >= 15 is 0 Å². The first-order valence-corrected chi connectivity index (χ1v) is 11.4. The number of carbonyl (C=O) groups is 3. The Bertz CT molecular complexity index is 1230. The molecule has 4 heterocycles. The number of urea groups is 1. The fraction of sp³-hybridized carbons (Fsp3) is 0.400. The van der Waals surface area contributed by atoms with Gasteiger partial charge >= 0.3 is 6.03 Å². The summed E-state index contributed by atoms with van der Waals surface area (Å²) in [5.41, 5.74) is 1.59. The maximum absolute atomic E-state index is 13.9. The first kappa shape index (κ1) is 21.3. The molecule has 2 aliphatic heterocycles. The molecule has 3 aromatic rings. The molecule has 0 aliphatic carbocycles. The van der Waals surface area contributed by atoms with Crippen molar-refractivity contribution >= 4 is 28.7 Å². The number of hydrogen-bond acceptors (Lipinski definition) is 4. The van der Waals surface area contributed by atoms with E-state index in [1.807, 2.05) is 38.1 Å². The smallest absolute Gasteiger partial charge is 0.328 e. The number of aromatic amines is 1. The predicted octanol–water partition coefficient (Wildman–Crippen LogP) is 3.53. The Morgan fingerprint density at radius 3 is 2.73 bits per heavy atom. The molecule has 0 radical (unpaired) electrons. The van der Waals surface area contributed by atoms with E-state index in [1.54, 1.807) is 24.0 Å². The first-order valence-electron chi connectivity index (χ1n) is 11.4. The molecule has 2 atom stereocenters. The summed E-state index contributed by atoms with van der Waals surface area (Å²) < 4.78 is 5.30. The lowest BCUT2D eigenvalue weighted by atomic mass is 9.87. The lowest BCUT2D eigenvalue weighted by Crippen LogP contribution is -2.51. The molecule has 2 aromatic heterocycles. The van der Waals surface area contributed by atoms with Crippen LogP contribution in [-0.2, 0) is 28.1 Å². The quantitative estimate of drug-likeness (QED) is 0.564. The van der Waals surface area contributed by atoms with E-state index in [0.29, 0.717) is 25.1 Å². The topological polar surface area (TPSA) is 98.7 Å². The molecule has 2 aliphatic rings. The Labute approximate surface area is 191 Å². The zero-order valence-electron chi connectivity index (χ0n) is 19.1. The van der Waals surface area contributed by atoms with Crippen LogP contribution in [0.15, 0.2) is 47.1 Å². The predicted molar refractivity (Wildman–Crippen MR) is 122 cm³/mol. The van der Waals surface area contributed by atoms with Crippen molar-refractivity contribution in [1.82, 2.24) is 20.1 Å². The fourth-order valence-electron chi connectivity index (χ4n) is 5.17. The van der Waals surface area contributed by atoms with E-state index < -0.39 is 17.6 Å². The third-order valence-electron chi connectivity index (χ3n) is 6.82. The maximum atomic E-state index is 13.9. The van der Waals surface area contributed by atoms with Crippen LogP contribution in [0.5, 0.6) is 0 Å². The number of nitrogens with one attached hydrogen (secondary N) is 2. The molecule has 4 amide bonds. The lowest BCUT2D eigenvalue weighted by Gasteiger charge is -2.36. The molecule has 8 heteroatoms. The van der Waals surface area contributed by atoms with Crippen LogP contribution in [0.1, 0.15) is 44.2 Å². The van der Waals surface area contributed by atoms with Gasteiger partial charge in [0.05, 0.1) is 18.5 Å². The third-order valence-corrected chi connectivity index (χ3v) is 6.82. The van der Waals surface area contributed by atoms with Crippen molar-refractivity contribution in [2.24, 2.45) is 5.92 Å². The van der Waals surface area contributed by atoms with Gasteiger partial charge in [-0.25, -0.2) is 9.69 Å². The second-order valence-corrected chi connectivity index (χ2v) is 9.40. The largest absolute Gasteiger partial charge is 0.467 e. The molecule has 1 saturated heterocycles. The van der Waals surface area contributed by atoms with Crippen molar-refractivity contribution < 1.29 is 18.8 Å². The monoisotopic (exact) mass is 448 g/mol. The summed E-state index contributed by atoms with van der Waals surface area (Å²) in [6, 6.07) is 10.1. The van der Waals surface area contributed by atoms with Crippen LogP contribution in [0.2, 0.25) is 0 Å². The van der Waals surface area contributed by atoms with Crippen LogP contribution in [0.4, 0.5) is 4.79 Å². The number of furan rings is 1. The van der Waals surface area contributed by atoms with E-state index in [1.165, 1.54) is 11.2 Å². The van der Waals surface area contributed by atoms with Crippen LogP contribution in [0.3, 0.4) is 0 Å². The van der Waals surface area contributed by atoms with Gasteiger partial charge in [-0.2, -0.15) is 0 Å². The van der Waals surface area contributed by atoms with Crippen molar-refractivity contribution in [3.63, 3.8) is 0 Å². The fourth-order valence-corrected chi connectivity index (χ4v) is 5.17. The molecular weight excluding hydrogens is 420 g/mol. The van der Waals surface area contributed by atoms with Crippen LogP contribution >= 0.6 is 0 Å². The number of carbonyl (C=O) groups excluding carboxylic acids is 3. The summed E-state index contributed by atoms with van der Waals surface area (Å²) in [5, 5.41) is 3.91. The van der Waals surface area contributed by atoms with E-state index in [2.05, 4.69) is 10.3 Å². The Morgan fingerprint density at radius 1 is 1.21 bits per heavy atom. The molecule has 1 aromatic carbocycles. The van der Waals surface area contributed by atoms with Gasteiger partial charge in [0.1, 0.15) is 11.8 Å². The number of amides is 4. The number of fused-ring (bicyclic) bond motifs is 5. The summed E-state index contributed by atoms with van der Waals surface area (Å²) in [6.07, 6.45) is 2.57. The summed E-state index contributed by atoms with van der Waals surface area (Å²) >= 11 is 0. The second kappa shape index (κ2) is 7.79. The van der Waals surface area contributed by atoms with Crippen molar-refractivity contribution in [2.45, 2.75) is 51.7 Å². The molecule has 1 fully saturated rings. The minimum Gasteiger partial charge on any atom is -0.467 e. The molecule has 5 rings (SSSR count). The molecule has 8 nitrogen and oxygen atoms in total. The average molecular weight is 449 g/mol. The van der Waals surface area contributed by atoms with Gasteiger partial charge in [0.25, 0.3) is 5.91 Å². The van der Waals surface area contributed by atoms with Crippen LogP contribution in [0, 0.1) is 5.92 Å². The number of imide groups is 1. The molecule has 0 unspecified atom stereocenters. The Hall–Kier alpha value is -3.55.